The lowest BCUT2D eigenvalue weighted by Gasteiger charge is -2.20. The van der Waals surface area contributed by atoms with Gasteiger partial charge in [-0.05, 0) is 6.42 Å². The topological polar surface area (TPSA) is 75.3 Å². The first kappa shape index (κ1) is 14.7. The molecule has 5 nitrogen and oxygen atoms in total. The number of aromatic nitrogens is 2. The number of aliphatic hydroxyl groups excluding tert-OH is 1. The van der Waals surface area contributed by atoms with Crippen molar-refractivity contribution in [2.24, 2.45) is 13.0 Å². The van der Waals surface area contributed by atoms with Gasteiger partial charge in [0.25, 0.3) is 0 Å². The van der Waals surface area contributed by atoms with E-state index in [4.69, 9.17) is 5.11 Å². The van der Waals surface area contributed by atoms with Gasteiger partial charge in [0.2, 0.25) is 0 Å². The monoisotopic (exact) mass is 254 g/mol. The van der Waals surface area contributed by atoms with Gasteiger partial charge in [0.1, 0.15) is 0 Å². The van der Waals surface area contributed by atoms with Gasteiger partial charge in [-0.2, -0.15) is 5.10 Å². The van der Waals surface area contributed by atoms with E-state index in [1.54, 1.807) is 24.9 Å². The van der Waals surface area contributed by atoms with Crippen LogP contribution in [0.3, 0.4) is 0 Å². The second kappa shape index (κ2) is 5.10. The molecule has 0 saturated heterocycles. The van der Waals surface area contributed by atoms with Gasteiger partial charge in [-0.1, -0.05) is 27.7 Å². The molecule has 1 rings (SSSR count). The Bertz CT molecular complexity index is 432. The quantitative estimate of drug-likeness (QED) is 0.860. The predicted molar refractivity (Wildman–Crippen MR) is 68.3 cm³/mol. The summed E-state index contributed by atoms with van der Waals surface area (Å²) < 4.78 is 1.66. The van der Waals surface area contributed by atoms with Crippen LogP contribution in [0.1, 0.15) is 51.5 Å². The Kier molecular flexibility index (Phi) is 4.16. The van der Waals surface area contributed by atoms with E-state index in [0.717, 1.165) is 11.3 Å². The molecule has 0 spiro atoms. The third-order valence-corrected chi connectivity index (χ3v) is 2.92. The Hall–Kier alpha value is -1.36. The molecule has 0 amide bonds. The van der Waals surface area contributed by atoms with Gasteiger partial charge >= 0.3 is 5.97 Å². The highest BCUT2D eigenvalue weighted by Gasteiger charge is 2.27. The van der Waals surface area contributed by atoms with Crippen LogP contribution < -0.4 is 0 Å². The normalized spacial score (nSPS) is 15.4. The molecule has 1 heterocycles. The summed E-state index contributed by atoms with van der Waals surface area (Å²) in [6.07, 6.45) is 1.17. The van der Waals surface area contributed by atoms with Gasteiger partial charge in [0.05, 0.1) is 17.7 Å². The van der Waals surface area contributed by atoms with Gasteiger partial charge in [-0.3, -0.25) is 9.48 Å². The molecule has 0 radical (unpaired) electrons. The average Bonchev–Trinajstić information content (AvgIpc) is 2.59. The van der Waals surface area contributed by atoms with Gasteiger partial charge in [-0.25, -0.2) is 0 Å². The van der Waals surface area contributed by atoms with Crippen molar-refractivity contribution in [3.63, 3.8) is 0 Å². The Morgan fingerprint density at radius 3 is 2.50 bits per heavy atom. The molecular formula is C13H22N2O3. The van der Waals surface area contributed by atoms with Crippen LogP contribution in [0.4, 0.5) is 0 Å². The third-order valence-electron chi connectivity index (χ3n) is 2.92. The van der Waals surface area contributed by atoms with Crippen molar-refractivity contribution in [3.8, 4) is 0 Å². The van der Waals surface area contributed by atoms with Crippen LogP contribution in [0, 0.1) is 5.92 Å². The number of nitrogens with zero attached hydrogens (tertiary/aromatic N) is 2. The van der Waals surface area contributed by atoms with Crippen molar-refractivity contribution in [1.82, 2.24) is 9.78 Å². The highest BCUT2D eigenvalue weighted by Crippen LogP contribution is 2.31. The zero-order valence-corrected chi connectivity index (χ0v) is 11.6. The standard InChI is InChI=1S/C13H22N2O3/c1-8(12(17)18)6-10(16)9-7-15(5)14-11(9)13(2,3)4/h7-8,10,16H,6H2,1-5H3,(H,17,18). The molecule has 2 N–H and O–H groups in total. The highest BCUT2D eigenvalue weighted by atomic mass is 16.4. The second-order valence-electron chi connectivity index (χ2n) is 5.85. The van der Waals surface area contributed by atoms with E-state index in [-0.39, 0.29) is 11.8 Å². The number of aliphatic carboxylic acids is 1. The van der Waals surface area contributed by atoms with Crippen molar-refractivity contribution in [3.05, 3.63) is 17.5 Å². The lowest BCUT2D eigenvalue weighted by molar-refractivity contribution is -0.142. The maximum absolute atomic E-state index is 10.8. The maximum Gasteiger partial charge on any atom is 0.306 e. The number of hydrogen-bond acceptors (Lipinski definition) is 3. The number of hydrogen-bond donors (Lipinski definition) is 2. The Morgan fingerprint density at radius 1 is 1.50 bits per heavy atom. The van der Waals surface area contributed by atoms with Crippen molar-refractivity contribution >= 4 is 5.97 Å². The summed E-state index contributed by atoms with van der Waals surface area (Å²) in [5, 5.41) is 23.4. The number of carbonyl (C=O) groups is 1. The molecule has 18 heavy (non-hydrogen) atoms. The smallest absolute Gasteiger partial charge is 0.306 e. The van der Waals surface area contributed by atoms with E-state index in [2.05, 4.69) is 5.10 Å². The average molecular weight is 254 g/mol. The minimum Gasteiger partial charge on any atom is -0.481 e. The first-order valence-electron chi connectivity index (χ1n) is 6.07. The van der Waals surface area contributed by atoms with Crippen LogP contribution in [0.5, 0.6) is 0 Å². The minimum absolute atomic E-state index is 0.177. The molecule has 102 valence electrons. The van der Waals surface area contributed by atoms with Crippen molar-refractivity contribution in [1.29, 1.82) is 0 Å². The summed E-state index contributed by atoms with van der Waals surface area (Å²) in [6.45, 7) is 7.66. The van der Waals surface area contributed by atoms with E-state index >= 15 is 0 Å². The van der Waals surface area contributed by atoms with E-state index in [0.29, 0.717) is 0 Å². The molecule has 0 bridgehead atoms. The molecule has 2 unspecified atom stereocenters. The van der Waals surface area contributed by atoms with Crippen LogP contribution >= 0.6 is 0 Å². The lowest BCUT2D eigenvalue weighted by Crippen LogP contribution is -2.18. The SMILES string of the molecule is CC(CC(O)c1cn(C)nc1C(C)(C)C)C(=O)O. The molecule has 1 aromatic rings. The molecule has 5 heteroatoms. The first-order chi connectivity index (χ1) is 8.12. The molecule has 0 aromatic carbocycles. The summed E-state index contributed by atoms with van der Waals surface area (Å²) in [5.41, 5.74) is 1.36. The molecule has 1 aromatic heterocycles. The van der Waals surface area contributed by atoms with E-state index in [1.807, 2.05) is 20.8 Å². The fourth-order valence-corrected chi connectivity index (χ4v) is 1.90. The van der Waals surface area contributed by atoms with Crippen molar-refractivity contribution in [2.75, 3.05) is 0 Å². The highest BCUT2D eigenvalue weighted by molar-refractivity contribution is 5.69. The van der Waals surface area contributed by atoms with Gasteiger partial charge in [-0.15, -0.1) is 0 Å². The van der Waals surface area contributed by atoms with Gasteiger partial charge in [0, 0.05) is 24.2 Å². The summed E-state index contributed by atoms with van der Waals surface area (Å²) in [4.78, 5) is 10.8. The number of rotatable bonds is 4. The van der Waals surface area contributed by atoms with E-state index < -0.39 is 18.0 Å². The molecular weight excluding hydrogens is 232 g/mol. The number of aryl methyl sites for hydroxylation is 1. The Labute approximate surface area is 107 Å². The van der Waals surface area contributed by atoms with E-state index in [9.17, 15) is 9.90 Å². The number of carboxylic acids is 1. The van der Waals surface area contributed by atoms with Crippen LogP contribution in [0.25, 0.3) is 0 Å². The fraction of sp³-hybridized carbons (Fsp3) is 0.692. The zero-order valence-electron chi connectivity index (χ0n) is 11.6. The van der Waals surface area contributed by atoms with Crippen LogP contribution in [0.15, 0.2) is 6.20 Å². The summed E-state index contributed by atoms with van der Waals surface area (Å²) in [5.74, 6) is -1.47. The fourth-order valence-electron chi connectivity index (χ4n) is 1.90. The Balaban J connectivity index is 2.99. The maximum atomic E-state index is 10.8. The zero-order chi connectivity index (χ0) is 14.1. The Morgan fingerprint density at radius 2 is 2.06 bits per heavy atom. The minimum atomic E-state index is -0.893. The molecule has 0 aliphatic carbocycles. The first-order valence-corrected chi connectivity index (χ1v) is 6.07. The van der Waals surface area contributed by atoms with Crippen LogP contribution in [-0.4, -0.2) is 26.0 Å². The molecule has 0 aliphatic rings. The number of aliphatic hydroxyl groups is 1. The van der Waals surface area contributed by atoms with E-state index in [1.165, 1.54) is 0 Å². The molecule has 2 atom stereocenters. The largest absolute Gasteiger partial charge is 0.481 e. The van der Waals surface area contributed by atoms with Crippen molar-refractivity contribution in [2.45, 2.75) is 45.6 Å². The molecule has 0 fully saturated rings. The van der Waals surface area contributed by atoms with Gasteiger partial charge < -0.3 is 10.2 Å². The third kappa shape index (κ3) is 3.32. The summed E-state index contributed by atoms with van der Waals surface area (Å²) in [7, 11) is 1.80. The molecule has 0 saturated carbocycles. The molecule has 0 aliphatic heterocycles. The summed E-state index contributed by atoms with van der Waals surface area (Å²) >= 11 is 0. The predicted octanol–water partition coefficient (Wildman–Crippen LogP) is 1.86. The van der Waals surface area contributed by atoms with Gasteiger partial charge in [0.15, 0.2) is 0 Å². The van der Waals surface area contributed by atoms with Crippen LogP contribution in [0.2, 0.25) is 0 Å². The lowest BCUT2D eigenvalue weighted by atomic mass is 9.86. The second-order valence-corrected chi connectivity index (χ2v) is 5.85. The number of carboxylic acid groups (broad SMARTS) is 1. The van der Waals surface area contributed by atoms with Crippen LogP contribution in [-0.2, 0) is 17.3 Å². The summed E-state index contributed by atoms with van der Waals surface area (Å²) in [6, 6.07) is 0. The van der Waals surface area contributed by atoms with Crippen molar-refractivity contribution < 1.29 is 15.0 Å².